The van der Waals surface area contributed by atoms with Gasteiger partial charge in [0, 0.05) is 30.6 Å². The van der Waals surface area contributed by atoms with Crippen molar-refractivity contribution in [2.24, 2.45) is 0 Å². The highest BCUT2D eigenvalue weighted by Gasteiger charge is 2.50. The Kier molecular flexibility index (Phi) is 7.01. The normalized spacial score (nSPS) is 15.0. The topological polar surface area (TPSA) is 98.7 Å². The van der Waals surface area contributed by atoms with E-state index in [1.165, 1.54) is 23.1 Å². The van der Waals surface area contributed by atoms with Crippen LogP contribution in [0, 0.1) is 0 Å². The molecule has 186 valence electrons. The molecule has 0 N–H and O–H groups in total. The first-order valence-electron chi connectivity index (χ1n) is 10.0. The molecule has 0 radical (unpaired) electrons. The second kappa shape index (κ2) is 9.31. The molecule has 2 aromatic rings. The van der Waals surface area contributed by atoms with E-state index in [1.807, 2.05) is 0 Å². The maximum Gasteiger partial charge on any atom is 0.534 e. The molecule has 0 atom stereocenters. The molecule has 1 aliphatic rings. The summed E-state index contributed by atoms with van der Waals surface area (Å²) in [6, 6.07) is 6.23. The molecule has 2 heterocycles. The standard InChI is InChI=1S/C20H20F5N3O5S/c1-12(2)32-18(29)28-10-8-14-15(9-11-28)26-17(19(21,22)13-6-4-3-5-7-13)27-16(14)33-34(30,31)20(23,24)25/h3-7,12H,8-11H2,1-2H3. The van der Waals surface area contributed by atoms with Crippen LogP contribution in [-0.4, -0.2) is 54.1 Å². The van der Waals surface area contributed by atoms with Crippen LogP contribution in [0.3, 0.4) is 0 Å². The molecule has 34 heavy (non-hydrogen) atoms. The lowest BCUT2D eigenvalue weighted by Gasteiger charge is -2.21. The van der Waals surface area contributed by atoms with Gasteiger partial charge in [-0.1, -0.05) is 30.3 Å². The molecule has 8 nitrogen and oxygen atoms in total. The summed E-state index contributed by atoms with van der Waals surface area (Å²) in [4.78, 5) is 20.7. The summed E-state index contributed by atoms with van der Waals surface area (Å²) in [5, 5.41) is 0. The van der Waals surface area contributed by atoms with Crippen LogP contribution in [0.2, 0.25) is 0 Å². The lowest BCUT2D eigenvalue weighted by molar-refractivity contribution is -0.0502. The molecule has 0 saturated carbocycles. The third kappa shape index (κ3) is 5.37. The van der Waals surface area contributed by atoms with Crippen molar-refractivity contribution in [3.63, 3.8) is 0 Å². The molecule has 3 rings (SSSR count). The number of hydrogen-bond acceptors (Lipinski definition) is 7. The van der Waals surface area contributed by atoms with Crippen LogP contribution >= 0.6 is 0 Å². The molecular formula is C20H20F5N3O5S. The van der Waals surface area contributed by atoms with Gasteiger partial charge in [-0.3, -0.25) is 0 Å². The molecule has 0 aliphatic carbocycles. The highest BCUT2D eigenvalue weighted by molar-refractivity contribution is 7.87. The van der Waals surface area contributed by atoms with Gasteiger partial charge < -0.3 is 13.8 Å². The number of fused-ring (bicyclic) bond motifs is 1. The number of carbonyl (C=O) groups excluding carboxylic acids is 1. The number of amides is 1. The highest BCUT2D eigenvalue weighted by Crippen LogP contribution is 2.37. The third-order valence-corrected chi connectivity index (χ3v) is 5.73. The second-order valence-electron chi connectivity index (χ2n) is 7.62. The van der Waals surface area contributed by atoms with Crippen LogP contribution in [0.15, 0.2) is 30.3 Å². The number of hydrogen-bond donors (Lipinski definition) is 0. The zero-order chi connectivity index (χ0) is 25.3. The van der Waals surface area contributed by atoms with Gasteiger partial charge in [-0.05, 0) is 20.3 Å². The summed E-state index contributed by atoms with van der Waals surface area (Å²) in [5.41, 5.74) is -6.76. The van der Waals surface area contributed by atoms with Crippen molar-refractivity contribution in [1.82, 2.24) is 14.9 Å². The van der Waals surface area contributed by atoms with Gasteiger partial charge in [0.25, 0.3) is 0 Å². The minimum Gasteiger partial charge on any atom is -0.447 e. The van der Waals surface area contributed by atoms with Gasteiger partial charge in [-0.25, -0.2) is 9.78 Å². The number of rotatable bonds is 5. The first-order chi connectivity index (χ1) is 15.7. The van der Waals surface area contributed by atoms with E-state index in [1.54, 1.807) is 13.8 Å². The number of nitrogens with zero attached hydrogens (tertiary/aromatic N) is 3. The Labute approximate surface area is 191 Å². The minimum absolute atomic E-state index is 0.0582. The minimum atomic E-state index is -6.21. The number of halogens is 5. The molecule has 1 aliphatic heterocycles. The van der Waals surface area contributed by atoms with Crippen LogP contribution < -0.4 is 4.18 Å². The van der Waals surface area contributed by atoms with E-state index in [0.29, 0.717) is 0 Å². The summed E-state index contributed by atoms with van der Waals surface area (Å²) >= 11 is 0. The Morgan fingerprint density at radius 1 is 1.03 bits per heavy atom. The highest BCUT2D eigenvalue weighted by atomic mass is 32.2. The second-order valence-corrected chi connectivity index (χ2v) is 9.16. The Hall–Kier alpha value is -3.03. The monoisotopic (exact) mass is 509 g/mol. The van der Waals surface area contributed by atoms with Crippen molar-refractivity contribution >= 4 is 16.2 Å². The van der Waals surface area contributed by atoms with Crippen molar-refractivity contribution in [3.8, 4) is 5.88 Å². The van der Waals surface area contributed by atoms with E-state index in [2.05, 4.69) is 14.2 Å². The van der Waals surface area contributed by atoms with Gasteiger partial charge in [0.1, 0.15) is 0 Å². The Bertz CT molecular complexity index is 1160. The van der Waals surface area contributed by atoms with Crippen molar-refractivity contribution < 1.29 is 44.1 Å². The van der Waals surface area contributed by atoms with Crippen LogP contribution in [-0.2, 0) is 33.6 Å². The molecule has 0 unspecified atom stereocenters. The lowest BCUT2D eigenvalue weighted by Crippen LogP contribution is -2.35. The molecule has 1 amide bonds. The predicted octanol–water partition coefficient (Wildman–Crippen LogP) is 3.79. The van der Waals surface area contributed by atoms with Crippen LogP contribution in [0.1, 0.15) is 36.5 Å². The van der Waals surface area contributed by atoms with Crippen LogP contribution in [0.4, 0.5) is 26.7 Å². The maximum absolute atomic E-state index is 15.1. The maximum atomic E-state index is 15.1. The van der Waals surface area contributed by atoms with Crippen LogP contribution in [0.5, 0.6) is 5.88 Å². The Morgan fingerprint density at radius 3 is 2.24 bits per heavy atom. The number of benzene rings is 1. The van der Waals surface area contributed by atoms with E-state index >= 15 is 8.78 Å². The summed E-state index contributed by atoms with van der Waals surface area (Å²) in [5.74, 6) is -6.27. The molecule has 0 fully saturated rings. The third-order valence-electron chi connectivity index (χ3n) is 4.79. The lowest BCUT2D eigenvalue weighted by atomic mass is 10.1. The Balaban J connectivity index is 2.08. The van der Waals surface area contributed by atoms with E-state index in [0.717, 1.165) is 12.1 Å². The molecule has 0 spiro atoms. The van der Waals surface area contributed by atoms with E-state index in [4.69, 9.17) is 4.74 Å². The van der Waals surface area contributed by atoms with Gasteiger partial charge in [-0.15, -0.1) is 0 Å². The SMILES string of the molecule is CC(C)OC(=O)N1CCc2nc(C(F)(F)c3ccccc3)nc(OS(=O)(=O)C(F)(F)F)c2CC1. The average Bonchev–Trinajstić information content (AvgIpc) is 2.96. The molecule has 1 aromatic carbocycles. The Morgan fingerprint density at radius 2 is 1.65 bits per heavy atom. The fourth-order valence-corrected chi connectivity index (χ4v) is 3.60. The molecule has 1 aromatic heterocycles. The molecule has 0 saturated heterocycles. The van der Waals surface area contributed by atoms with Gasteiger partial charge in [0.05, 0.1) is 11.8 Å². The largest absolute Gasteiger partial charge is 0.534 e. The first-order valence-corrected chi connectivity index (χ1v) is 11.4. The van der Waals surface area contributed by atoms with Gasteiger partial charge in [0.2, 0.25) is 11.7 Å². The van der Waals surface area contributed by atoms with Crippen molar-refractivity contribution in [1.29, 1.82) is 0 Å². The zero-order valence-electron chi connectivity index (χ0n) is 18.0. The summed E-state index contributed by atoms with van der Waals surface area (Å²) in [7, 11) is -6.21. The average molecular weight is 509 g/mol. The van der Waals surface area contributed by atoms with Gasteiger partial charge in [0.15, 0.2) is 0 Å². The number of ether oxygens (including phenoxy) is 1. The van der Waals surface area contributed by atoms with Gasteiger partial charge >= 0.3 is 27.6 Å². The summed E-state index contributed by atoms with van der Waals surface area (Å²) in [6.45, 7) is 3.06. The molecular weight excluding hydrogens is 489 g/mol. The number of alkyl halides is 5. The van der Waals surface area contributed by atoms with E-state index in [-0.39, 0.29) is 37.2 Å². The fraction of sp³-hybridized carbons (Fsp3) is 0.450. The number of carbonyl (C=O) groups is 1. The van der Waals surface area contributed by atoms with Crippen molar-refractivity contribution in [2.45, 2.75) is 44.2 Å². The van der Waals surface area contributed by atoms with Gasteiger partial charge in [-0.2, -0.15) is 35.4 Å². The molecule has 0 bridgehead atoms. The van der Waals surface area contributed by atoms with E-state index in [9.17, 15) is 26.4 Å². The number of aromatic nitrogens is 2. The summed E-state index contributed by atoms with van der Waals surface area (Å²) < 4.78 is 102. The molecule has 14 heteroatoms. The van der Waals surface area contributed by atoms with E-state index < -0.39 is 51.0 Å². The zero-order valence-corrected chi connectivity index (χ0v) is 18.8. The van der Waals surface area contributed by atoms with Crippen molar-refractivity contribution in [2.75, 3.05) is 13.1 Å². The van der Waals surface area contributed by atoms with Crippen molar-refractivity contribution in [3.05, 3.63) is 53.0 Å². The summed E-state index contributed by atoms with van der Waals surface area (Å²) in [6.07, 6.45) is -1.60. The first kappa shape index (κ1) is 25.6. The predicted molar refractivity (Wildman–Crippen MR) is 108 cm³/mol. The fourth-order valence-electron chi connectivity index (χ4n) is 3.16. The smallest absolute Gasteiger partial charge is 0.447 e. The quantitative estimate of drug-likeness (QED) is 0.344. The van der Waals surface area contributed by atoms with Crippen LogP contribution in [0.25, 0.3) is 0 Å².